The van der Waals surface area contributed by atoms with Crippen LogP contribution in [-0.4, -0.2) is 85.8 Å². The number of benzene rings is 2. The van der Waals surface area contributed by atoms with E-state index in [1.165, 1.54) is 5.56 Å². The van der Waals surface area contributed by atoms with Crippen LogP contribution in [0.4, 0.5) is 5.69 Å². The molecule has 2 aromatic rings. The maximum Gasteiger partial charge on any atom is 0.320 e. The van der Waals surface area contributed by atoms with Gasteiger partial charge in [-0.05, 0) is 61.3 Å². The third-order valence-electron chi connectivity index (χ3n) is 6.24. The molecule has 1 N–H and O–H groups in total. The third-order valence-corrected chi connectivity index (χ3v) is 6.24. The average molecular weight is 464 g/mol. The Balaban J connectivity index is 1.33. The number of rotatable bonds is 7. The van der Waals surface area contributed by atoms with Crippen molar-refractivity contribution in [3.05, 3.63) is 64.7 Å². The van der Waals surface area contributed by atoms with E-state index in [1.54, 1.807) is 0 Å². The van der Waals surface area contributed by atoms with E-state index >= 15 is 0 Å². The molecule has 2 aliphatic rings. The second kappa shape index (κ2) is 11.3. The van der Waals surface area contributed by atoms with Crippen molar-refractivity contribution in [2.24, 2.45) is 5.10 Å². The summed E-state index contributed by atoms with van der Waals surface area (Å²) in [4.78, 5) is 29.0. The van der Waals surface area contributed by atoms with Gasteiger partial charge >= 0.3 is 5.97 Å². The van der Waals surface area contributed by atoms with Crippen LogP contribution >= 0.6 is 0 Å². The van der Waals surface area contributed by atoms with Crippen molar-refractivity contribution in [3.63, 3.8) is 0 Å². The van der Waals surface area contributed by atoms with Gasteiger partial charge in [0.1, 0.15) is 0 Å². The number of ether oxygens (including phenoxy) is 1. The number of esters is 1. The van der Waals surface area contributed by atoms with Crippen LogP contribution < -0.4 is 5.32 Å². The topological polar surface area (TPSA) is 77.5 Å². The largest absolute Gasteiger partial charge is 0.465 e. The Labute approximate surface area is 201 Å². The Morgan fingerprint density at radius 1 is 1.03 bits per heavy atom. The lowest BCUT2D eigenvalue weighted by molar-refractivity contribution is -0.144. The molecule has 8 heteroatoms. The predicted molar refractivity (Wildman–Crippen MR) is 133 cm³/mol. The molecule has 0 spiro atoms. The van der Waals surface area contributed by atoms with Crippen molar-refractivity contribution in [2.45, 2.75) is 19.9 Å². The number of carbonyl (C=O) groups is 2. The highest BCUT2D eigenvalue weighted by molar-refractivity contribution is 6.04. The van der Waals surface area contributed by atoms with Crippen molar-refractivity contribution in [1.82, 2.24) is 14.8 Å². The summed E-state index contributed by atoms with van der Waals surface area (Å²) in [7, 11) is 2.12. The van der Waals surface area contributed by atoms with E-state index in [4.69, 9.17) is 4.74 Å². The number of likely N-dealkylation sites (N-methyl/N-ethyl adjacent to an activating group) is 1. The fourth-order valence-electron chi connectivity index (χ4n) is 4.20. The van der Waals surface area contributed by atoms with Crippen LogP contribution in [0.5, 0.6) is 0 Å². The van der Waals surface area contributed by atoms with Gasteiger partial charge in [-0.25, -0.2) is 0 Å². The molecule has 0 atom stereocenters. The van der Waals surface area contributed by atoms with E-state index in [0.717, 1.165) is 56.0 Å². The summed E-state index contributed by atoms with van der Waals surface area (Å²) in [6, 6.07) is 13.5. The van der Waals surface area contributed by atoms with Crippen molar-refractivity contribution in [3.8, 4) is 0 Å². The van der Waals surface area contributed by atoms with Gasteiger partial charge in [-0.2, -0.15) is 5.10 Å². The number of piperazine rings is 1. The standard InChI is InChI=1S/C26H33N5O3/c1-3-34-25(32)19-30-11-10-21-6-7-22(16-23(21)18-30)26(33)28-24-8-4-20(5-9-24)17-27-31-14-12-29(2)13-15-31/h4-9,16-17H,3,10-15,18-19H2,1-2H3,(H,28,33). The number of nitrogens with zero attached hydrogens (tertiary/aromatic N) is 4. The van der Waals surface area contributed by atoms with Gasteiger partial charge in [0.15, 0.2) is 0 Å². The summed E-state index contributed by atoms with van der Waals surface area (Å²) in [6.07, 6.45) is 2.72. The van der Waals surface area contributed by atoms with Crippen LogP contribution in [0.25, 0.3) is 0 Å². The highest BCUT2D eigenvalue weighted by atomic mass is 16.5. The first kappa shape index (κ1) is 23.9. The lowest BCUT2D eigenvalue weighted by Gasteiger charge is -2.30. The molecular weight excluding hydrogens is 430 g/mol. The number of carbonyl (C=O) groups excluding carboxylic acids is 2. The summed E-state index contributed by atoms with van der Waals surface area (Å²) < 4.78 is 5.06. The van der Waals surface area contributed by atoms with E-state index in [9.17, 15) is 9.59 Å². The van der Waals surface area contributed by atoms with Crippen molar-refractivity contribution < 1.29 is 14.3 Å². The van der Waals surface area contributed by atoms with E-state index in [-0.39, 0.29) is 18.4 Å². The van der Waals surface area contributed by atoms with Gasteiger partial charge in [-0.1, -0.05) is 18.2 Å². The molecular formula is C26H33N5O3. The maximum atomic E-state index is 12.9. The van der Waals surface area contributed by atoms with E-state index in [1.807, 2.05) is 55.6 Å². The molecule has 0 aromatic heterocycles. The second-order valence-corrected chi connectivity index (χ2v) is 8.83. The van der Waals surface area contributed by atoms with Gasteiger partial charge < -0.3 is 15.0 Å². The van der Waals surface area contributed by atoms with Gasteiger partial charge in [0.25, 0.3) is 5.91 Å². The Bertz CT molecular complexity index is 1030. The highest BCUT2D eigenvalue weighted by Gasteiger charge is 2.20. The average Bonchev–Trinajstić information content (AvgIpc) is 2.84. The quantitative estimate of drug-likeness (QED) is 0.502. The first-order valence-electron chi connectivity index (χ1n) is 11.9. The lowest BCUT2D eigenvalue weighted by Crippen LogP contribution is -2.41. The summed E-state index contributed by atoms with van der Waals surface area (Å²) in [6.45, 7) is 7.82. The number of hydrazone groups is 1. The van der Waals surface area contributed by atoms with Gasteiger partial charge in [-0.3, -0.25) is 19.5 Å². The zero-order valence-corrected chi connectivity index (χ0v) is 20.0. The minimum atomic E-state index is -0.211. The Morgan fingerprint density at radius 2 is 1.79 bits per heavy atom. The van der Waals surface area contributed by atoms with Crippen LogP contribution in [-0.2, 0) is 22.5 Å². The molecule has 34 heavy (non-hydrogen) atoms. The summed E-state index contributed by atoms with van der Waals surface area (Å²) >= 11 is 0. The first-order valence-corrected chi connectivity index (χ1v) is 11.9. The predicted octanol–water partition coefficient (Wildman–Crippen LogP) is 2.44. The minimum Gasteiger partial charge on any atom is -0.465 e. The highest BCUT2D eigenvalue weighted by Crippen LogP contribution is 2.21. The van der Waals surface area contributed by atoms with Gasteiger partial charge in [0, 0.05) is 50.5 Å². The Kier molecular flexibility index (Phi) is 7.92. The number of fused-ring (bicyclic) bond motifs is 1. The summed E-state index contributed by atoms with van der Waals surface area (Å²) in [5, 5.41) is 9.62. The smallest absolute Gasteiger partial charge is 0.320 e. The molecule has 0 unspecified atom stereocenters. The molecule has 0 radical (unpaired) electrons. The molecule has 1 fully saturated rings. The molecule has 180 valence electrons. The molecule has 2 aliphatic heterocycles. The van der Waals surface area contributed by atoms with Crippen LogP contribution in [0.3, 0.4) is 0 Å². The number of nitrogens with one attached hydrogen (secondary N) is 1. The third kappa shape index (κ3) is 6.42. The van der Waals surface area contributed by atoms with Crippen LogP contribution in [0.2, 0.25) is 0 Å². The normalized spacial score (nSPS) is 16.9. The molecule has 0 bridgehead atoms. The number of anilines is 1. The van der Waals surface area contributed by atoms with E-state index in [0.29, 0.717) is 18.7 Å². The zero-order chi connectivity index (χ0) is 23.9. The molecule has 0 aliphatic carbocycles. The van der Waals surface area contributed by atoms with Gasteiger partial charge in [0.2, 0.25) is 0 Å². The number of hydrogen-bond acceptors (Lipinski definition) is 7. The Hall–Kier alpha value is -3.23. The number of hydrogen-bond donors (Lipinski definition) is 1. The lowest BCUT2D eigenvalue weighted by atomic mass is 9.97. The maximum absolute atomic E-state index is 12.9. The van der Waals surface area contributed by atoms with Gasteiger partial charge in [-0.15, -0.1) is 0 Å². The van der Waals surface area contributed by atoms with Crippen molar-refractivity contribution >= 4 is 23.8 Å². The molecule has 4 rings (SSSR count). The fraction of sp³-hybridized carbons (Fsp3) is 0.423. The van der Waals surface area contributed by atoms with Crippen molar-refractivity contribution in [1.29, 1.82) is 0 Å². The van der Waals surface area contributed by atoms with Crippen LogP contribution in [0.1, 0.15) is 34.0 Å². The fourth-order valence-corrected chi connectivity index (χ4v) is 4.20. The van der Waals surface area contributed by atoms with E-state index < -0.39 is 0 Å². The molecule has 1 saturated heterocycles. The minimum absolute atomic E-state index is 0.149. The molecule has 2 heterocycles. The van der Waals surface area contributed by atoms with Crippen LogP contribution in [0.15, 0.2) is 47.6 Å². The number of amides is 1. The van der Waals surface area contributed by atoms with Gasteiger partial charge in [0.05, 0.1) is 19.4 Å². The summed E-state index contributed by atoms with van der Waals surface area (Å²) in [5.41, 5.74) is 4.65. The van der Waals surface area contributed by atoms with Crippen molar-refractivity contribution in [2.75, 3.05) is 58.2 Å². The van der Waals surface area contributed by atoms with Crippen LogP contribution in [0, 0.1) is 0 Å². The first-order chi connectivity index (χ1) is 16.5. The monoisotopic (exact) mass is 463 g/mol. The zero-order valence-electron chi connectivity index (χ0n) is 20.0. The molecule has 1 amide bonds. The second-order valence-electron chi connectivity index (χ2n) is 8.83. The Morgan fingerprint density at radius 3 is 2.53 bits per heavy atom. The SMILES string of the molecule is CCOC(=O)CN1CCc2ccc(C(=O)Nc3ccc(C=NN4CCN(C)CC4)cc3)cc2C1. The molecule has 2 aromatic carbocycles. The molecule has 0 saturated carbocycles. The molecule has 8 nitrogen and oxygen atoms in total. The van der Waals surface area contributed by atoms with E-state index in [2.05, 4.69) is 32.3 Å². The summed E-state index contributed by atoms with van der Waals surface area (Å²) in [5.74, 6) is -0.360.